The van der Waals surface area contributed by atoms with Gasteiger partial charge in [-0.15, -0.1) is 0 Å². The van der Waals surface area contributed by atoms with Gasteiger partial charge in [-0.1, -0.05) is 39.0 Å². The third kappa shape index (κ3) is 4.35. The molecule has 1 amide bonds. The van der Waals surface area contributed by atoms with Crippen LogP contribution in [0, 0.1) is 5.41 Å². The van der Waals surface area contributed by atoms with Gasteiger partial charge >= 0.3 is 5.97 Å². The van der Waals surface area contributed by atoms with Gasteiger partial charge in [-0.25, -0.2) is 4.79 Å². The summed E-state index contributed by atoms with van der Waals surface area (Å²) >= 11 is 0. The van der Waals surface area contributed by atoms with Gasteiger partial charge in [0.25, 0.3) is 0 Å². The zero-order valence-corrected chi connectivity index (χ0v) is 12.1. The second kappa shape index (κ2) is 6.52. The predicted molar refractivity (Wildman–Crippen MR) is 77.5 cm³/mol. The van der Waals surface area contributed by atoms with Gasteiger partial charge < -0.3 is 16.2 Å². The number of aromatic carboxylic acids is 1. The normalized spacial score (nSPS) is 12.8. The van der Waals surface area contributed by atoms with Gasteiger partial charge in [0.15, 0.2) is 0 Å². The predicted octanol–water partition coefficient (Wildman–Crippen LogP) is 1.42. The van der Waals surface area contributed by atoms with Crippen LogP contribution in [0.2, 0.25) is 0 Å². The second-order valence-corrected chi connectivity index (χ2v) is 5.85. The summed E-state index contributed by atoms with van der Waals surface area (Å²) in [6.07, 6.45) is 0.463. The standard InChI is InChI=1S/C15H22N2O3/c1-15(2,3)12(16)13(18)17-9-8-10-6-4-5-7-11(10)14(19)20/h4-7,12H,8-9,16H2,1-3H3,(H,17,18)(H,19,20)/t12-/m1/s1. The number of rotatable bonds is 5. The Kier molecular flexibility index (Phi) is 5.27. The van der Waals surface area contributed by atoms with E-state index >= 15 is 0 Å². The fourth-order valence-corrected chi connectivity index (χ4v) is 1.77. The van der Waals surface area contributed by atoms with Crippen molar-refractivity contribution in [2.45, 2.75) is 33.2 Å². The number of nitrogens with two attached hydrogens (primary N) is 1. The lowest BCUT2D eigenvalue weighted by atomic mass is 9.87. The molecule has 20 heavy (non-hydrogen) atoms. The summed E-state index contributed by atoms with van der Waals surface area (Å²) in [5.41, 5.74) is 6.51. The van der Waals surface area contributed by atoms with Crippen LogP contribution in [0.5, 0.6) is 0 Å². The van der Waals surface area contributed by atoms with Crippen LogP contribution in [0.15, 0.2) is 24.3 Å². The third-order valence-corrected chi connectivity index (χ3v) is 3.16. The van der Waals surface area contributed by atoms with Gasteiger partial charge in [-0.2, -0.15) is 0 Å². The van der Waals surface area contributed by atoms with Gasteiger partial charge in [0.1, 0.15) is 0 Å². The molecule has 0 fully saturated rings. The van der Waals surface area contributed by atoms with Crippen LogP contribution in [0.25, 0.3) is 0 Å². The van der Waals surface area contributed by atoms with Crippen LogP contribution in [-0.2, 0) is 11.2 Å². The van der Waals surface area contributed by atoms with E-state index in [1.807, 2.05) is 20.8 Å². The molecule has 0 saturated carbocycles. The van der Waals surface area contributed by atoms with Gasteiger partial charge in [-0.05, 0) is 23.5 Å². The molecular formula is C15H22N2O3. The van der Waals surface area contributed by atoms with Crippen molar-refractivity contribution in [3.63, 3.8) is 0 Å². The summed E-state index contributed by atoms with van der Waals surface area (Å²) in [7, 11) is 0. The summed E-state index contributed by atoms with van der Waals surface area (Å²) in [6.45, 7) is 6.07. The third-order valence-electron chi connectivity index (χ3n) is 3.16. The number of carboxylic acids is 1. The monoisotopic (exact) mass is 278 g/mol. The van der Waals surface area contributed by atoms with E-state index in [1.54, 1.807) is 24.3 Å². The Balaban J connectivity index is 2.58. The lowest BCUT2D eigenvalue weighted by Crippen LogP contribution is -2.49. The molecule has 0 spiro atoms. The fraction of sp³-hybridized carbons (Fsp3) is 0.467. The van der Waals surface area contributed by atoms with Gasteiger partial charge in [0.2, 0.25) is 5.91 Å². The zero-order valence-electron chi connectivity index (χ0n) is 12.1. The minimum absolute atomic E-state index is 0.217. The lowest BCUT2D eigenvalue weighted by Gasteiger charge is -2.25. The molecule has 5 nitrogen and oxygen atoms in total. The number of hydrogen-bond donors (Lipinski definition) is 3. The quantitative estimate of drug-likeness (QED) is 0.759. The first kappa shape index (κ1) is 16.2. The highest BCUT2D eigenvalue weighted by Gasteiger charge is 2.27. The van der Waals surface area contributed by atoms with E-state index in [1.165, 1.54) is 0 Å². The van der Waals surface area contributed by atoms with Gasteiger partial charge in [0.05, 0.1) is 11.6 Å². The molecule has 5 heteroatoms. The fourth-order valence-electron chi connectivity index (χ4n) is 1.77. The molecule has 0 radical (unpaired) electrons. The maximum atomic E-state index is 11.8. The topological polar surface area (TPSA) is 92.4 Å². The molecular weight excluding hydrogens is 256 g/mol. The molecule has 1 aromatic carbocycles. The number of amides is 1. The van der Waals surface area contributed by atoms with Crippen molar-refractivity contribution in [1.82, 2.24) is 5.32 Å². The molecule has 1 aromatic rings. The van der Waals surface area contributed by atoms with Crippen molar-refractivity contribution >= 4 is 11.9 Å². The highest BCUT2D eigenvalue weighted by molar-refractivity contribution is 5.89. The molecule has 0 heterocycles. The van der Waals surface area contributed by atoms with Crippen LogP contribution in [-0.4, -0.2) is 29.6 Å². The van der Waals surface area contributed by atoms with E-state index < -0.39 is 12.0 Å². The number of benzene rings is 1. The molecule has 0 aromatic heterocycles. The Bertz CT molecular complexity index is 492. The van der Waals surface area contributed by atoms with Gasteiger partial charge in [0, 0.05) is 6.54 Å². The Morgan fingerprint density at radius 2 is 1.90 bits per heavy atom. The SMILES string of the molecule is CC(C)(C)[C@H](N)C(=O)NCCc1ccccc1C(=O)O. The van der Waals surface area contributed by atoms with Crippen LogP contribution in [0.1, 0.15) is 36.7 Å². The largest absolute Gasteiger partial charge is 0.478 e. The first-order chi connectivity index (χ1) is 9.23. The van der Waals surface area contributed by atoms with Crippen molar-refractivity contribution in [3.8, 4) is 0 Å². The van der Waals surface area contributed by atoms with E-state index in [4.69, 9.17) is 10.8 Å². The summed E-state index contributed by atoms with van der Waals surface area (Å²) in [5, 5.41) is 11.8. The first-order valence-corrected chi connectivity index (χ1v) is 6.58. The van der Waals surface area contributed by atoms with E-state index in [0.29, 0.717) is 18.5 Å². The molecule has 110 valence electrons. The molecule has 0 saturated heterocycles. The lowest BCUT2D eigenvalue weighted by molar-refractivity contribution is -0.124. The number of carbonyl (C=O) groups is 2. The molecule has 0 aliphatic heterocycles. The van der Waals surface area contributed by atoms with E-state index in [-0.39, 0.29) is 16.9 Å². The van der Waals surface area contributed by atoms with Crippen molar-refractivity contribution in [1.29, 1.82) is 0 Å². The number of carboxylic acid groups (broad SMARTS) is 1. The number of carbonyl (C=O) groups excluding carboxylic acids is 1. The van der Waals surface area contributed by atoms with Crippen LogP contribution in [0.4, 0.5) is 0 Å². The molecule has 0 aliphatic rings. The Morgan fingerprint density at radius 3 is 2.45 bits per heavy atom. The minimum atomic E-state index is -0.960. The molecule has 1 rings (SSSR count). The molecule has 0 aliphatic carbocycles. The summed E-state index contributed by atoms with van der Waals surface area (Å²) in [5.74, 6) is -1.18. The number of hydrogen-bond acceptors (Lipinski definition) is 3. The van der Waals surface area contributed by atoms with Gasteiger partial charge in [-0.3, -0.25) is 4.79 Å². The highest BCUT2D eigenvalue weighted by atomic mass is 16.4. The Morgan fingerprint density at radius 1 is 1.30 bits per heavy atom. The van der Waals surface area contributed by atoms with Crippen LogP contribution in [0.3, 0.4) is 0 Å². The summed E-state index contributed by atoms with van der Waals surface area (Å²) in [4.78, 5) is 22.9. The second-order valence-electron chi connectivity index (χ2n) is 5.85. The van der Waals surface area contributed by atoms with Crippen molar-refractivity contribution < 1.29 is 14.7 Å². The van der Waals surface area contributed by atoms with E-state index in [9.17, 15) is 9.59 Å². The van der Waals surface area contributed by atoms with Crippen molar-refractivity contribution in [3.05, 3.63) is 35.4 Å². The van der Waals surface area contributed by atoms with Crippen molar-refractivity contribution in [2.75, 3.05) is 6.54 Å². The molecule has 0 unspecified atom stereocenters. The Hall–Kier alpha value is -1.88. The van der Waals surface area contributed by atoms with E-state index in [0.717, 1.165) is 0 Å². The average molecular weight is 278 g/mol. The minimum Gasteiger partial charge on any atom is -0.478 e. The smallest absolute Gasteiger partial charge is 0.335 e. The summed E-state index contributed by atoms with van der Waals surface area (Å²) < 4.78 is 0. The molecule has 0 bridgehead atoms. The maximum absolute atomic E-state index is 11.8. The van der Waals surface area contributed by atoms with Crippen LogP contribution >= 0.6 is 0 Å². The van der Waals surface area contributed by atoms with Crippen molar-refractivity contribution in [2.24, 2.45) is 11.1 Å². The zero-order chi connectivity index (χ0) is 15.3. The molecule has 4 N–H and O–H groups in total. The average Bonchev–Trinajstić information content (AvgIpc) is 2.37. The molecule has 1 atom stereocenters. The van der Waals surface area contributed by atoms with E-state index in [2.05, 4.69) is 5.32 Å². The van der Waals surface area contributed by atoms with Crippen LogP contribution < -0.4 is 11.1 Å². The highest BCUT2D eigenvalue weighted by Crippen LogP contribution is 2.17. The Labute approximate surface area is 119 Å². The summed E-state index contributed by atoms with van der Waals surface area (Å²) in [6, 6.07) is 6.18. The number of nitrogens with one attached hydrogen (secondary N) is 1. The first-order valence-electron chi connectivity index (χ1n) is 6.58. The maximum Gasteiger partial charge on any atom is 0.335 e.